The number of methoxy groups -OCH3 is 1. The molecule has 0 aliphatic rings. The number of carboxylic acid groups (broad SMARTS) is 1. The van der Waals surface area contributed by atoms with Crippen molar-refractivity contribution in [3.63, 3.8) is 0 Å². The second-order valence-corrected chi connectivity index (χ2v) is 4.17. The van der Waals surface area contributed by atoms with E-state index < -0.39 is 5.97 Å². The monoisotopic (exact) mass is 260 g/mol. The first kappa shape index (κ1) is 13.1. The number of benzene rings is 2. The summed E-state index contributed by atoms with van der Waals surface area (Å²) in [4.78, 5) is 11.1. The van der Waals surface area contributed by atoms with Gasteiger partial charge in [0.25, 0.3) is 0 Å². The molecule has 0 fully saturated rings. The van der Waals surface area contributed by atoms with Crippen LogP contribution in [0, 0.1) is 12.7 Å². The maximum Gasteiger partial charge on any atom is 0.335 e. The van der Waals surface area contributed by atoms with Gasteiger partial charge in [-0.05, 0) is 47.9 Å². The first-order valence-electron chi connectivity index (χ1n) is 5.71. The molecular formula is C15H13FO3. The predicted molar refractivity (Wildman–Crippen MR) is 70.1 cm³/mol. The van der Waals surface area contributed by atoms with Crippen LogP contribution >= 0.6 is 0 Å². The summed E-state index contributed by atoms with van der Waals surface area (Å²) < 4.78 is 18.6. The number of halogens is 1. The van der Waals surface area contributed by atoms with Crippen molar-refractivity contribution in [1.29, 1.82) is 0 Å². The van der Waals surface area contributed by atoms with Gasteiger partial charge in [-0.15, -0.1) is 0 Å². The summed E-state index contributed by atoms with van der Waals surface area (Å²) in [6.07, 6.45) is 0. The molecule has 0 saturated carbocycles. The van der Waals surface area contributed by atoms with Crippen molar-refractivity contribution in [2.45, 2.75) is 6.92 Å². The Bertz CT molecular complexity index is 635. The van der Waals surface area contributed by atoms with Gasteiger partial charge in [-0.1, -0.05) is 12.1 Å². The Morgan fingerprint density at radius 2 is 2.00 bits per heavy atom. The Balaban J connectivity index is 2.64. The standard InChI is InChI=1S/C15H13FO3/c1-9-13(4-3-5-14(9)16)10-6-11(15(17)18)8-12(7-10)19-2/h3-8H,1-2H3,(H,17,18). The lowest BCUT2D eigenvalue weighted by Gasteiger charge is -2.10. The minimum Gasteiger partial charge on any atom is -0.497 e. The zero-order valence-electron chi connectivity index (χ0n) is 10.6. The van der Waals surface area contributed by atoms with Crippen LogP contribution in [0.25, 0.3) is 11.1 Å². The summed E-state index contributed by atoms with van der Waals surface area (Å²) in [7, 11) is 1.46. The van der Waals surface area contributed by atoms with Crippen molar-refractivity contribution in [3.05, 3.63) is 53.3 Å². The van der Waals surface area contributed by atoms with E-state index in [1.165, 1.54) is 25.3 Å². The van der Waals surface area contributed by atoms with Crippen molar-refractivity contribution in [3.8, 4) is 16.9 Å². The predicted octanol–water partition coefficient (Wildman–Crippen LogP) is 3.51. The Morgan fingerprint density at radius 1 is 1.26 bits per heavy atom. The minimum absolute atomic E-state index is 0.109. The zero-order valence-corrected chi connectivity index (χ0v) is 10.6. The van der Waals surface area contributed by atoms with E-state index in [2.05, 4.69) is 0 Å². The van der Waals surface area contributed by atoms with Crippen LogP contribution in [0.2, 0.25) is 0 Å². The van der Waals surface area contributed by atoms with E-state index in [0.717, 1.165) is 0 Å². The SMILES string of the molecule is COc1cc(C(=O)O)cc(-c2cccc(F)c2C)c1. The summed E-state index contributed by atoms with van der Waals surface area (Å²) in [5.74, 6) is -0.940. The van der Waals surface area contributed by atoms with Crippen molar-refractivity contribution in [2.75, 3.05) is 7.11 Å². The molecule has 0 aliphatic heterocycles. The van der Waals surface area contributed by atoms with Crippen LogP contribution in [0.3, 0.4) is 0 Å². The van der Waals surface area contributed by atoms with Crippen LogP contribution in [0.1, 0.15) is 15.9 Å². The highest BCUT2D eigenvalue weighted by atomic mass is 19.1. The lowest BCUT2D eigenvalue weighted by atomic mass is 9.98. The molecule has 0 spiro atoms. The van der Waals surface area contributed by atoms with E-state index >= 15 is 0 Å². The molecule has 2 rings (SSSR count). The number of carbonyl (C=O) groups is 1. The Kier molecular flexibility index (Phi) is 3.51. The summed E-state index contributed by atoms with van der Waals surface area (Å²) in [6, 6.07) is 9.34. The zero-order chi connectivity index (χ0) is 14.0. The highest BCUT2D eigenvalue weighted by Gasteiger charge is 2.11. The topological polar surface area (TPSA) is 46.5 Å². The smallest absolute Gasteiger partial charge is 0.335 e. The molecule has 3 nitrogen and oxygen atoms in total. The molecule has 19 heavy (non-hydrogen) atoms. The largest absolute Gasteiger partial charge is 0.497 e. The van der Waals surface area contributed by atoms with Gasteiger partial charge in [-0.25, -0.2) is 9.18 Å². The third-order valence-electron chi connectivity index (χ3n) is 2.97. The number of hydrogen-bond acceptors (Lipinski definition) is 2. The summed E-state index contributed by atoms with van der Waals surface area (Å²) in [6.45, 7) is 1.66. The maximum atomic E-state index is 13.6. The fourth-order valence-corrected chi connectivity index (χ4v) is 1.92. The lowest BCUT2D eigenvalue weighted by molar-refractivity contribution is 0.0696. The van der Waals surface area contributed by atoms with Crippen molar-refractivity contribution >= 4 is 5.97 Å². The molecule has 4 heteroatoms. The van der Waals surface area contributed by atoms with Gasteiger partial charge in [0.1, 0.15) is 11.6 Å². The number of carboxylic acids is 1. The molecule has 0 aromatic heterocycles. The lowest BCUT2D eigenvalue weighted by Crippen LogP contribution is -1.98. The Hall–Kier alpha value is -2.36. The van der Waals surface area contributed by atoms with Crippen LogP contribution in [0.15, 0.2) is 36.4 Å². The molecule has 0 amide bonds. The van der Waals surface area contributed by atoms with Crippen molar-refractivity contribution in [1.82, 2.24) is 0 Å². The molecule has 0 atom stereocenters. The minimum atomic E-state index is -1.05. The van der Waals surface area contributed by atoms with Crippen LogP contribution in [-0.4, -0.2) is 18.2 Å². The average molecular weight is 260 g/mol. The maximum absolute atomic E-state index is 13.6. The second-order valence-electron chi connectivity index (χ2n) is 4.17. The molecule has 0 radical (unpaired) electrons. The fraction of sp³-hybridized carbons (Fsp3) is 0.133. The van der Waals surface area contributed by atoms with Crippen LogP contribution in [-0.2, 0) is 0 Å². The third-order valence-corrected chi connectivity index (χ3v) is 2.97. The highest BCUT2D eigenvalue weighted by Crippen LogP contribution is 2.29. The van der Waals surface area contributed by atoms with E-state index in [-0.39, 0.29) is 11.4 Å². The van der Waals surface area contributed by atoms with Gasteiger partial charge in [-0.3, -0.25) is 0 Å². The molecule has 0 unspecified atom stereocenters. The molecule has 0 heterocycles. The Morgan fingerprint density at radius 3 is 2.63 bits per heavy atom. The van der Waals surface area contributed by atoms with Gasteiger partial charge in [0.2, 0.25) is 0 Å². The number of rotatable bonds is 3. The van der Waals surface area contributed by atoms with Crippen LogP contribution < -0.4 is 4.74 Å². The molecule has 1 N–H and O–H groups in total. The fourth-order valence-electron chi connectivity index (χ4n) is 1.92. The number of aromatic carboxylic acids is 1. The summed E-state index contributed by atoms with van der Waals surface area (Å²) >= 11 is 0. The van der Waals surface area contributed by atoms with Gasteiger partial charge >= 0.3 is 5.97 Å². The second kappa shape index (κ2) is 5.10. The summed E-state index contributed by atoms with van der Waals surface area (Å²) in [5.41, 5.74) is 1.86. The molecule has 0 aliphatic carbocycles. The van der Waals surface area contributed by atoms with Gasteiger partial charge in [0, 0.05) is 0 Å². The van der Waals surface area contributed by atoms with Crippen LogP contribution in [0.4, 0.5) is 4.39 Å². The van der Waals surface area contributed by atoms with E-state index in [9.17, 15) is 9.18 Å². The quantitative estimate of drug-likeness (QED) is 0.918. The van der Waals surface area contributed by atoms with Crippen molar-refractivity contribution in [2.24, 2.45) is 0 Å². The van der Waals surface area contributed by atoms with Crippen molar-refractivity contribution < 1.29 is 19.0 Å². The molecular weight excluding hydrogens is 247 g/mol. The molecule has 2 aromatic carbocycles. The van der Waals surface area contributed by atoms with E-state index in [1.54, 1.807) is 25.1 Å². The summed E-state index contributed by atoms with van der Waals surface area (Å²) in [5, 5.41) is 9.07. The van der Waals surface area contributed by atoms with E-state index in [0.29, 0.717) is 22.4 Å². The van der Waals surface area contributed by atoms with E-state index in [1.807, 2.05) is 0 Å². The van der Waals surface area contributed by atoms with Gasteiger partial charge in [0.15, 0.2) is 0 Å². The number of ether oxygens (including phenoxy) is 1. The van der Waals surface area contributed by atoms with Gasteiger partial charge in [-0.2, -0.15) is 0 Å². The first-order valence-corrected chi connectivity index (χ1v) is 5.71. The molecule has 2 aromatic rings. The average Bonchev–Trinajstić information content (AvgIpc) is 2.41. The van der Waals surface area contributed by atoms with E-state index in [4.69, 9.17) is 9.84 Å². The van der Waals surface area contributed by atoms with Crippen LogP contribution in [0.5, 0.6) is 5.75 Å². The third kappa shape index (κ3) is 2.57. The molecule has 98 valence electrons. The molecule has 0 saturated heterocycles. The normalized spacial score (nSPS) is 10.3. The number of hydrogen-bond donors (Lipinski definition) is 1. The van der Waals surface area contributed by atoms with Gasteiger partial charge in [0.05, 0.1) is 12.7 Å². The highest BCUT2D eigenvalue weighted by molar-refractivity contribution is 5.90. The van der Waals surface area contributed by atoms with Gasteiger partial charge < -0.3 is 9.84 Å². The first-order chi connectivity index (χ1) is 9.02. The Labute approximate surface area is 110 Å². The molecule has 0 bridgehead atoms.